The second-order valence-corrected chi connectivity index (χ2v) is 5.30. The molecule has 0 aliphatic heterocycles. The van der Waals surface area contributed by atoms with E-state index in [0.717, 1.165) is 18.7 Å². The third-order valence-electron chi connectivity index (χ3n) is 2.90. The Kier molecular flexibility index (Phi) is 5.07. The molecule has 0 saturated heterocycles. The van der Waals surface area contributed by atoms with Gasteiger partial charge in [-0.15, -0.1) is 0 Å². The minimum Gasteiger partial charge on any atom is -0.352 e. The molecule has 1 heterocycles. The first-order valence-electron chi connectivity index (χ1n) is 6.97. The topological polar surface area (TPSA) is 49.8 Å². The van der Waals surface area contributed by atoms with Crippen LogP contribution < -0.4 is 10.6 Å². The van der Waals surface area contributed by atoms with Crippen LogP contribution in [-0.4, -0.2) is 16.0 Å². The largest absolute Gasteiger partial charge is 0.352 e. The van der Waals surface area contributed by atoms with E-state index in [1.807, 2.05) is 12.4 Å². The quantitative estimate of drug-likeness (QED) is 0.847. The van der Waals surface area contributed by atoms with E-state index in [2.05, 4.69) is 65.6 Å². The molecule has 1 aromatic carbocycles. The molecule has 0 bridgehead atoms. The molecule has 2 rings (SSSR count). The lowest BCUT2D eigenvalue weighted by molar-refractivity contribution is 0.688. The fourth-order valence-electron chi connectivity index (χ4n) is 1.84. The molecule has 1 aromatic heterocycles. The van der Waals surface area contributed by atoms with E-state index in [4.69, 9.17) is 0 Å². The predicted molar refractivity (Wildman–Crippen MR) is 82.5 cm³/mol. The number of nitrogens with zero attached hydrogens (tertiary/aromatic N) is 2. The smallest absolute Gasteiger partial charge is 0.222 e. The summed E-state index contributed by atoms with van der Waals surface area (Å²) in [6, 6.07) is 8.91. The molecule has 106 valence electrons. The molecule has 2 N–H and O–H groups in total. The Hall–Kier alpha value is -1.94. The Bertz CT molecular complexity index is 517. The zero-order chi connectivity index (χ0) is 14.4. The van der Waals surface area contributed by atoms with Crippen LogP contribution in [0.2, 0.25) is 0 Å². The first kappa shape index (κ1) is 14.5. The number of rotatable bonds is 6. The molecular weight excluding hydrogens is 248 g/mol. The SMILES string of the molecule is Cc1ccc(CNCc2cnc(NC(C)C)nc2)cc1. The number of nitrogens with one attached hydrogen (secondary N) is 2. The van der Waals surface area contributed by atoms with Gasteiger partial charge in [0.25, 0.3) is 0 Å². The summed E-state index contributed by atoms with van der Waals surface area (Å²) in [6.45, 7) is 7.87. The second-order valence-electron chi connectivity index (χ2n) is 5.30. The molecule has 4 heteroatoms. The predicted octanol–water partition coefficient (Wildman–Crippen LogP) is 2.90. The highest BCUT2D eigenvalue weighted by Crippen LogP contribution is 2.04. The lowest BCUT2D eigenvalue weighted by Crippen LogP contribution is -2.15. The second kappa shape index (κ2) is 7.01. The average molecular weight is 270 g/mol. The first-order chi connectivity index (χ1) is 9.63. The van der Waals surface area contributed by atoms with Gasteiger partial charge in [0.1, 0.15) is 0 Å². The molecule has 20 heavy (non-hydrogen) atoms. The maximum absolute atomic E-state index is 4.29. The Morgan fingerprint density at radius 1 is 0.950 bits per heavy atom. The Labute approximate surface area is 120 Å². The fourth-order valence-corrected chi connectivity index (χ4v) is 1.84. The van der Waals surface area contributed by atoms with Gasteiger partial charge in [-0.3, -0.25) is 0 Å². The third kappa shape index (κ3) is 4.63. The van der Waals surface area contributed by atoms with Crippen molar-refractivity contribution < 1.29 is 0 Å². The van der Waals surface area contributed by atoms with Gasteiger partial charge in [0.15, 0.2) is 0 Å². The molecule has 0 spiro atoms. The molecule has 0 unspecified atom stereocenters. The van der Waals surface area contributed by atoms with Crippen LogP contribution in [0.15, 0.2) is 36.7 Å². The molecule has 0 atom stereocenters. The maximum atomic E-state index is 4.29. The van der Waals surface area contributed by atoms with E-state index in [1.165, 1.54) is 11.1 Å². The first-order valence-corrected chi connectivity index (χ1v) is 6.97. The van der Waals surface area contributed by atoms with Crippen LogP contribution in [-0.2, 0) is 13.1 Å². The van der Waals surface area contributed by atoms with Crippen molar-refractivity contribution in [1.29, 1.82) is 0 Å². The molecular formula is C16H22N4. The zero-order valence-electron chi connectivity index (χ0n) is 12.4. The van der Waals surface area contributed by atoms with Gasteiger partial charge < -0.3 is 10.6 Å². The van der Waals surface area contributed by atoms with E-state index in [-0.39, 0.29) is 0 Å². The summed E-state index contributed by atoms with van der Waals surface area (Å²) in [5.74, 6) is 0.683. The van der Waals surface area contributed by atoms with Crippen molar-refractivity contribution in [3.8, 4) is 0 Å². The molecule has 0 amide bonds. The van der Waals surface area contributed by atoms with Crippen molar-refractivity contribution in [3.05, 3.63) is 53.3 Å². The van der Waals surface area contributed by atoms with Crippen LogP contribution in [0.4, 0.5) is 5.95 Å². The molecule has 0 fully saturated rings. The van der Waals surface area contributed by atoms with Gasteiger partial charge in [-0.1, -0.05) is 29.8 Å². The average Bonchev–Trinajstić information content (AvgIpc) is 2.42. The number of hydrogen-bond acceptors (Lipinski definition) is 4. The summed E-state index contributed by atoms with van der Waals surface area (Å²) in [6.07, 6.45) is 3.72. The molecule has 0 saturated carbocycles. The Morgan fingerprint density at radius 2 is 1.55 bits per heavy atom. The van der Waals surface area contributed by atoms with Crippen LogP contribution in [0.3, 0.4) is 0 Å². The minimum absolute atomic E-state index is 0.348. The van der Waals surface area contributed by atoms with Gasteiger partial charge in [0, 0.05) is 37.1 Å². The van der Waals surface area contributed by atoms with Gasteiger partial charge in [0.2, 0.25) is 5.95 Å². The number of hydrogen-bond donors (Lipinski definition) is 2. The Balaban J connectivity index is 1.80. The van der Waals surface area contributed by atoms with Crippen molar-refractivity contribution in [2.24, 2.45) is 0 Å². The van der Waals surface area contributed by atoms with Crippen LogP contribution in [0, 0.1) is 6.92 Å². The summed E-state index contributed by atoms with van der Waals surface area (Å²) >= 11 is 0. The standard InChI is InChI=1S/C16H22N4/c1-12(2)20-16-18-10-15(11-19-16)9-17-8-14-6-4-13(3)5-7-14/h4-7,10-12,17H,8-9H2,1-3H3,(H,18,19,20). The van der Waals surface area contributed by atoms with Crippen LogP contribution >= 0.6 is 0 Å². The van der Waals surface area contributed by atoms with Crippen molar-refractivity contribution >= 4 is 5.95 Å². The monoisotopic (exact) mass is 270 g/mol. The summed E-state index contributed by atoms with van der Waals surface area (Å²) in [4.78, 5) is 8.59. The molecule has 2 aromatic rings. The van der Waals surface area contributed by atoms with Crippen LogP contribution in [0.1, 0.15) is 30.5 Å². The molecule has 0 radical (unpaired) electrons. The van der Waals surface area contributed by atoms with Crippen LogP contribution in [0.25, 0.3) is 0 Å². The van der Waals surface area contributed by atoms with Gasteiger partial charge >= 0.3 is 0 Å². The lowest BCUT2D eigenvalue weighted by Gasteiger charge is -2.09. The van der Waals surface area contributed by atoms with Crippen LogP contribution in [0.5, 0.6) is 0 Å². The summed E-state index contributed by atoms with van der Waals surface area (Å²) in [5.41, 5.74) is 3.66. The van der Waals surface area contributed by atoms with Crippen molar-refractivity contribution in [2.75, 3.05) is 5.32 Å². The summed E-state index contributed by atoms with van der Waals surface area (Å²) in [7, 11) is 0. The third-order valence-corrected chi connectivity index (χ3v) is 2.90. The van der Waals surface area contributed by atoms with Crippen molar-refractivity contribution in [1.82, 2.24) is 15.3 Å². The summed E-state index contributed by atoms with van der Waals surface area (Å²) < 4.78 is 0. The van der Waals surface area contributed by atoms with Crippen molar-refractivity contribution in [3.63, 3.8) is 0 Å². The normalized spacial score (nSPS) is 10.8. The van der Waals surface area contributed by atoms with Crippen molar-refractivity contribution in [2.45, 2.75) is 39.9 Å². The van der Waals surface area contributed by atoms with Gasteiger partial charge in [-0.2, -0.15) is 0 Å². The highest BCUT2D eigenvalue weighted by atomic mass is 15.1. The highest BCUT2D eigenvalue weighted by Gasteiger charge is 1.99. The number of anilines is 1. The number of benzene rings is 1. The fraction of sp³-hybridized carbons (Fsp3) is 0.375. The van der Waals surface area contributed by atoms with Gasteiger partial charge in [-0.05, 0) is 26.3 Å². The maximum Gasteiger partial charge on any atom is 0.222 e. The van der Waals surface area contributed by atoms with E-state index >= 15 is 0 Å². The summed E-state index contributed by atoms with van der Waals surface area (Å²) in [5, 5.41) is 6.57. The number of aryl methyl sites for hydroxylation is 1. The van der Waals surface area contributed by atoms with E-state index in [9.17, 15) is 0 Å². The molecule has 0 aliphatic carbocycles. The Morgan fingerprint density at radius 3 is 2.15 bits per heavy atom. The van der Waals surface area contributed by atoms with Gasteiger partial charge in [0.05, 0.1) is 0 Å². The minimum atomic E-state index is 0.348. The van der Waals surface area contributed by atoms with E-state index in [0.29, 0.717) is 12.0 Å². The lowest BCUT2D eigenvalue weighted by atomic mass is 10.1. The zero-order valence-corrected chi connectivity index (χ0v) is 12.4. The van der Waals surface area contributed by atoms with E-state index in [1.54, 1.807) is 0 Å². The number of aromatic nitrogens is 2. The molecule has 4 nitrogen and oxygen atoms in total. The van der Waals surface area contributed by atoms with E-state index < -0.39 is 0 Å². The molecule has 0 aliphatic rings. The van der Waals surface area contributed by atoms with Gasteiger partial charge in [-0.25, -0.2) is 9.97 Å². The highest BCUT2D eigenvalue weighted by molar-refractivity contribution is 5.25.